The van der Waals surface area contributed by atoms with Crippen LogP contribution in [0.5, 0.6) is 0 Å². The van der Waals surface area contributed by atoms with E-state index in [9.17, 15) is 9.59 Å². The third kappa shape index (κ3) is 1.68. The van der Waals surface area contributed by atoms with Crippen molar-refractivity contribution >= 4 is 12.4 Å². The average molecular weight is 159 g/mol. The predicted octanol–water partition coefficient (Wildman–Crippen LogP) is -1.00. The number of ether oxygens (including phenoxy) is 1. The van der Waals surface area contributed by atoms with Crippen LogP contribution in [0, 0.1) is 0 Å². The summed E-state index contributed by atoms with van der Waals surface area (Å²) >= 11 is 0. The second kappa shape index (κ2) is 3.34. The van der Waals surface area contributed by atoms with E-state index in [4.69, 9.17) is 5.11 Å². The number of carbonyl (C=O) groups excluding carboxylic acids is 2. The number of aldehydes is 1. The summed E-state index contributed by atoms with van der Waals surface area (Å²) in [5.41, 5.74) is 0. The Morgan fingerprint density at radius 1 is 1.82 bits per heavy atom. The molecule has 1 aliphatic heterocycles. The molecule has 0 aromatic heterocycles. The zero-order valence-electron chi connectivity index (χ0n) is 5.90. The van der Waals surface area contributed by atoms with Crippen molar-refractivity contribution in [2.75, 3.05) is 19.7 Å². The number of aliphatic hydroxyl groups excluding tert-OH is 1. The molecule has 1 fully saturated rings. The topological polar surface area (TPSA) is 66.8 Å². The van der Waals surface area contributed by atoms with Gasteiger partial charge in [-0.05, 0) is 0 Å². The third-order valence-corrected chi connectivity index (χ3v) is 1.43. The fourth-order valence-corrected chi connectivity index (χ4v) is 0.907. The molecule has 1 amide bonds. The second-order valence-corrected chi connectivity index (χ2v) is 2.23. The van der Waals surface area contributed by atoms with Gasteiger partial charge in [0, 0.05) is 6.54 Å². The number of hydrogen-bond donors (Lipinski definition) is 1. The number of β-amino-alcohol motifs (C(OH)–C–C–N with tert-alkyl or cyclic N) is 1. The number of hydrogen-bond acceptors (Lipinski definition) is 4. The van der Waals surface area contributed by atoms with Gasteiger partial charge < -0.3 is 14.7 Å². The third-order valence-electron chi connectivity index (χ3n) is 1.43. The molecule has 1 rings (SSSR count). The van der Waals surface area contributed by atoms with E-state index in [1.54, 1.807) is 0 Å². The number of aliphatic hydroxyl groups is 1. The Hall–Kier alpha value is -1.10. The zero-order valence-corrected chi connectivity index (χ0v) is 5.90. The smallest absolute Gasteiger partial charge is 0.410 e. The van der Waals surface area contributed by atoms with Crippen LogP contribution in [0.25, 0.3) is 0 Å². The highest BCUT2D eigenvalue weighted by Gasteiger charge is 2.29. The van der Waals surface area contributed by atoms with E-state index in [0.29, 0.717) is 6.29 Å². The van der Waals surface area contributed by atoms with Gasteiger partial charge in [-0.25, -0.2) is 4.79 Å². The van der Waals surface area contributed by atoms with Gasteiger partial charge >= 0.3 is 6.09 Å². The zero-order chi connectivity index (χ0) is 8.27. The lowest BCUT2D eigenvalue weighted by Crippen LogP contribution is -2.28. The van der Waals surface area contributed by atoms with Crippen molar-refractivity contribution < 1.29 is 19.4 Å². The van der Waals surface area contributed by atoms with Crippen LogP contribution >= 0.6 is 0 Å². The fraction of sp³-hybridized carbons (Fsp3) is 0.667. The first-order valence-corrected chi connectivity index (χ1v) is 3.29. The SMILES string of the molecule is O=CC1CN(CCO)C(=O)O1. The van der Waals surface area contributed by atoms with Crippen LogP contribution in [-0.4, -0.2) is 48.2 Å². The summed E-state index contributed by atoms with van der Waals surface area (Å²) < 4.78 is 4.58. The monoisotopic (exact) mass is 159 g/mol. The van der Waals surface area contributed by atoms with E-state index in [0.717, 1.165) is 0 Å². The van der Waals surface area contributed by atoms with Crippen molar-refractivity contribution in [3.05, 3.63) is 0 Å². The molecule has 0 radical (unpaired) electrons. The molecule has 1 heterocycles. The van der Waals surface area contributed by atoms with Gasteiger partial charge in [0.05, 0.1) is 13.2 Å². The summed E-state index contributed by atoms with van der Waals surface area (Å²) in [6.07, 6.45) is -0.611. The molecule has 0 spiro atoms. The Morgan fingerprint density at radius 2 is 2.55 bits per heavy atom. The molecule has 5 nitrogen and oxygen atoms in total. The molecular formula is C6H9NO4. The Bertz CT molecular complexity index is 170. The first-order chi connectivity index (χ1) is 5.27. The van der Waals surface area contributed by atoms with Crippen molar-refractivity contribution in [2.45, 2.75) is 6.10 Å². The number of amides is 1. The lowest BCUT2D eigenvalue weighted by molar-refractivity contribution is -0.113. The van der Waals surface area contributed by atoms with E-state index in [1.165, 1.54) is 4.90 Å². The standard InChI is InChI=1S/C6H9NO4/c8-2-1-7-3-5(4-9)11-6(7)10/h4-5,8H,1-3H2. The number of carbonyl (C=O) groups is 2. The molecule has 0 aromatic carbocycles. The molecule has 0 bridgehead atoms. The fourth-order valence-electron chi connectivity index (χ4n) is 0.907. The van der Waals surface area contributed by atoms with Gasteiger partial charge in [-0.2, -0.15) is 0 Å². The normalized spacial score (nSPS) is 23.5. The summed E-state index contributed by atoms with van der Waals surface area (Å²) in [7, 11) is 0. The molecule has 5 heteroatoms. The van der Waals surface area contributed by atoms with E-state index in [1.807, 2.05) is 0 Å². The van der Waals surface area contributed by atoms with Gasteiger partial charge in [0.15, 0.2) is 12.4 Å². The highest BCUT2D eigenvalue weighted by atomic mass is 16.6. The molecule has 0 saturated carbocycles. The highest BCUT2D eigenvalue weighted by Crippen LogP contribution is 2.07. The maximum absolute atomic E-state index is 10.8. The molecule has 1 saturated heterocycles. The molecule has 1 aliphatic rings. The second-order valence-electron chi connectivity index (χ2n) is 2.23. The largest absolute Gasteiger partial charge is 0.436 e. The number of cyclic esters (lactones) is 1. The van der Waals surface area contributed by atoms with Crippen LogP contribution in [0.3, 0.4) is 0 Å². The van der Waals surface area contributed by atoms with Crippen molar-refractivity contribution in [3.8, 4) is 0 Å². The molecule has 1 atom stereocenters. The number of rotatable bonds is 3. The Labute approximate surface area is 63.5 Å². The average Bonchev–Trinajstić information content (AvgIpc) is 2.33. The summed E-state index contributed by atoms with van der Waals surface area (Å²) in [5, 5.41) is 8.47. The van der Waals surface area contributed by atoms with Crippen LogP contribution in [-0.2, 0) is 9.53 Å². The van der Waals surface area contributed by atoms with Gasteiger partial charge in [0.25, 0.3) is 0 Å². The minimum Gasteiger partial charge on any atom is -0.436 e. The Balaban J connectivity index is 2.44. The summed E-state index contributed by atoms with van der Waals surface area (Å²) in [5.74, 6) is 0. The molecule has 62 valence electrons. The van der Waals surface area contributed by atoms with Crippen LogP contribution in [0.4, 0.5) is 4.79 Å². The van der Waals surface area contributed by atoms with Crippen LogP contribution in [0.2, 0.25) is 0 Å². The van der Waals surface area contributed by atoms with Crippen molar-refractivity contribution in [1.29, 1.82) is 0 Å². The number of nitrogens with zero attached hydrogens (tertiary/aromatic N) is 1. The lowest BCUT2D eigenvalue weighted by atomic mass is 10.4. The maximum atomic E-state index is 10.8. The summed E-state index contributed by atoms with van der Waals surface area (Å²) in [6, 6.07) is 0. The molecular weight excluding hydrogens is 150 g/mol. The molecule has 11 heavy (non-hydrogen) atoms. The quantitative estimate of drug-likeness (QED) is 0.536. The van der Waals surface area contributed by atoms with Gasteiger partial charge in [-0.3, -0.25) is 4.79 Å². The Kier molecular flexibility index (Phi) is 2.43. The molecule has 0 aliphatic carbocycles. The highest BCUT2D eigenvalue weighted by molar-refractivity contribution is 5.75. The van der Waals surface area contributed by atoms with E-state index >= 15 is 0 Å². The van der Waals surface area contributed by atoms with E-state index in [2.05, 4.69) is 4.74 Å². The maximum Gasteiger partial charge on any atom is 0.410 e. The lowest BCUT2D eigenvalue weighted by Gasteiger charge is -2.08. The van der Waals surface area contributed by atoms with Crippen LogP contribution < -0.4 is 0 Å². The van der Waals surface area contributed by atoms with Gasteiger partial charge in [0.2, 0.25) is 0 Å². The van der Waals surface area contributed by atoms with Gasteiger partial charge in [-0.15, -0.1) is 0 Å². The predicted molar refractivity (Wildman–Crippen MR) is 35.0 cm³/mol. The van der Waals surface area contributed by atoms with Gasteiger partial charge in [-0.1, -0.05) is 0 Å². The molecule has 0 aromatic rings. The first kappa shape index (κ1) is 8.00. The van der Waals surface area contributed by atoms with Crippen LogP contribution in [0.15, 0.2) is 0 Å². The van der Waals surface area contributed by atoms with E-state index in [-0.39, 0.29) is 19.7 Å². The van der Waals surface area contributed by atoms with Crippen molar-refractivity contribution in [3.63, 3.8) is 0 Å². The van der Waals surface area contributed by atoms with Crippen molar-refractivity contribution in [1.82, 2.24) is 4.90 Å². The Morgan fingerprint density at radius 3 is 3.00 bits per heavy atom. The van der Waals surface area contributed by atoms with E-state index < -0.39 is 12.2 Å². The first-order valence-electron chi connectivity index (χ1n) is 3.29. The van der Waals surface area contributed by atoms with Crippen molar-refractivity contribution in [2.24, 2.45) is 0 Å². The van der Waals surface area contributed by atoms with Crippen LogP contribution in [0.1, 0.15) is 0 Å². The summed E-state index contributed by atoms with van der Waals surface area (Å²) in [6.45, 7) is 0.368. The molecule has 1 N–H and O–H groups in total. The summed E-state index contributed by atoms with van der Waals surface area (Å²) in [4.78, 5) is 22.2. The minimum atomic E-state index is -0.658. The minimum absolute atomic E-state index is 0.110. The van der Waals surface area contributed by atoms with Gasteiger partial charge in [0.1, 0.15) is 0 Å². The molecule has 1 unspecified atom stereocenters.